The Labute approximate surface area is 225 Å². The van der Waals surface area contributed by atoms with Gasteiger partial charge < -0.3 is 9.47 Å². The van der Waals surface area contributed by atoms with Crippen LogP contribution in [-0.4, -0.2) is 76.1 Å². The van der Waals surface area contributed by atoms with E-state index in [1.165, 1.54) is 12.8 Å². The molecule has 1 aromatic carbocycles. The molecule has 10 nitrogen and oxygen atoms in total. The molecule has 3 fully saturated rings. The summed E-state index contributed by atoms with van der Waals surface area (Å²) in [4.78, 5) is 46.2. The van der Waals surface area contributed by atoms with Gasteiger partial charge in [-0.05, 0) is 67.7 Å². The molecule has 1 unspecified atom stereocenters. The average molecular weight is 548 g/mol. The van der Waals surface area contributed by atoms with Crippen LogP contribution in [0.15, 0.2) is 36.5 Å². The van der Waals surface area contributed by atoms with Crippen LogP contribution >= 0.6 is 0 Å². The summed E-state index contributed by atoms with van der Waals surface area (Å²) in [7, 11) is -2.99. The highest BCUT2D eigenvalue weighted by molar-refractivity contribution is 7.92. The first kappa shape index (κ1) is 24.5. The Morgan fingerprint density at radius 2 is 1.82 bits per heavy atom. The first-order chi connectivity index (χ1) is 18.8. The third-order valence-corrected chi connectivity index (χ3v) is 10.3. The van der Waals surface area contributed by atoms with Crippen molar-refractivity contribution < 1.29 is 22.8 Å². The summed E-state index contributed by atoms with van der Waals surface area (Å²) in [6.07, 6.45) is 4.86. The van der Waals surface area contributed by atoms with Gasteiger partial charge in [-0.25, -0.2) is 13.4 Å². The number of hydrogen-bond donors (Lipinski definition) is 1. The van der Waals surface area contributed by atoms with Gasteiger partial charge in [0.2, 0.25) is 11.8 Å². The molecule has 3 amide bonds. The number of hydrogen-bond acceptors (Lipinski definition) is 7. The van der Waals surface area contributed by atoms with E-state index in [4.69, 9.17) is 4.98 Å². The molecule has 6 heterocycles. The Bertz CT molecular complexity index is 1640. The number of nitrogens with zero attached hydrogens (tertiary/aromatic N) is 4. The quantitative estimate of drug-likeness (QED) is 0.485. The number of nitrogens with one attached hydrogen (secondary N) is 1. The molecule has 39 heavy (non-hydrogen) atoms. The second-order valence-electron chi connectivity index (χ2n) is 11.1. The van der Waals surface area contributed by atoms with Gasteiger partial charge in [0.05, 0.1) is 23.2 Å². The molecule has 3 saturated heterocycles. The number of imide groups is 1. The first-order valence-electron chi connectivity index (χ1n) is 13.5. The predicted octanol–water partition coefficient (Wildman–Crippen LogP) is 2.03. The van der Waals surface area contributed by atoms with E-state index in [1.807, 2.05) is 29.0 Å². The van der Waals surface area contributed by atoms with Crippen LogP contribution in [0.2, 0.25) is 0 Å². The summed E-state index contributed by atoms with van der Waals surface area (Å²) in [5, 5.41) is 3.38. The Hall–Kier alpha value is -3.57. The molecule has 7 rings (SSSR count). The van der Waals surface area contributed by atoms with E-state index in [1.54, 1.807) is 11.0 Å². The molecule has 1 N–H and O–H groups in total. The van der Waals surface area contributed by atoms with Crippen LogP contribution in [0.3, 0.4) is 0 Å². The van der Waals surface area contributed by atoms with Crippen LogP contribution in [0.5, 0.6) is 0 Å². The zero-order valence-corrected chi connectivity index (χ0v) is 22.2. The van der Waals surface area contributed by atoms with E-state index in [2.05, 4.69) is 16.3 Å². The largest absolute Gasteiger partial charge is 0.327 e. The molecule has 0 aliphatic carbocycles. The zero-order chi connectivity index (χ0) is 26.9. The number of sulfone groups is 1. The molecule has 0 radical (unpaired) electrons. The van der Waals surface area contributed by atoms with Crippen molar-refractivity contribution >= 4 is 38.6 Å². The lowest BCUT2D eigenvalue weighted by Gasteiger charge is -2.29. The number of amides is 3. The molecular weight excluding hydrogens is 518 g/mol. The van der Waals surface area contributed by atoms with Gasteiger partial charge in [0.15, 0.2) is 9.84 Å². The summed E-state index contributed by atoms with van der Waals surface area (Å²) in [5.41, 5.74) is 4.96. The summed E-state index contributed by atoms with van der Waals surface area (Å²) in [5.74, 6) is -0.685. The molecule has 4 aliphatic heterocycles. The first-order valence-corrected chi connectivity index (χ1v) is 15.3. The number of rotatable bonds is 5. The van der Waals surface area contributed by atoms with Crippen molar-refractivity contribution in [1.29, 1.82) is 0 Å². The highest BCUT2D eigenvalue weighted by atomic mass is 32.2. The van der Waals surface area contributed by atoms with Crippen molar-refractivity contribution in [2.45, 2.75) is 50.9 Å². The standard InChI is InChI=1S/C28H29N5O5S/c34-25-6-5-24(27(35)30-25)33-14-18-11-17(3-4-22(18)28(33)36)23-12-19(13-31-8-1-2-9-31)21-7-10-32(26(21)29-23)20-15-39(37,38)16-20/h3-4,7,10-12,20,24H,1-2,5-6,8-9,13-16H2,(H,30,34,35). The zero-order valence-electron chi connectivity index (χ0n) is 21.4. The number of pyridine rings is 1. The minimum Gasteiger partial charge on any atom is -0.327 e. The van der Waals surface area contributed by atoms with Crippen LogP contribution in [0.1, 0.15) is 53.2 Å². The second-order valence-corrected chi connectivity index (χ2v) is 13.3. The maximum Gasteiger partial charge on any atom is 0.255 e. The number of piperidine rings is 1. The molecule has 2 aromatic heterocycles. The minimum absolute atomic E-state index is 0.116. The summed E-state index contributed by atoms with van der Waals surface area (Å²) < 4.78 is 25.8. The van der Waals surface area contributed by atoms with Gasteiger partial charge in [0, 0.05) is 42.2 Å². The third kappa shape index (κ3) is 4.24. The maximum atomic E-state index is 13.2. The van der Waals surface area contributed by atoms with Crippen LogP contribution in [0.25, 0.3) is 22.3 Å². The van der Waals surface area contributed by atoms with Crippen molar-refractivity contribution in [1.82, 2.24) is 24.7 Å². The van der Waals surface area contributed by atoms with E-state index in [-0.39, 0.29) is 35.8 Å². The average Bonchev–Trinajstić information content (AvgIpc) is 3.62. The topological polar surface area (TPSA) is 122 Å². The predicted molar refractivity (Wildman–Crippen MR) is 143 cm³/mol. The lowest BCUT2D eigenvalue weighted by Crippen LogP contribution is -2.52. The molecule has 1 atom stereocenters. The van der Waals surface area contributed by atoms with Gasteiger partial charge in [-0.2, -0.15) is 0 Å². The molecule has 0 spiro atoms. The van der Waals surface area contributed by atoms with Gasteiger partial charge in [-0.3, -0.25) is 24.6 Å². The van der Waals surface area contributed by atoms with E-state index in [0.29, 0.717) is 18.5 Å². The molecule has 202 valence electrons. The monoisotopic (exact) mass is 547 g/mol. The van der Waals surface area contributed by atoms with E-state index in [9.17, 15) is 22.8 Å². The van der Waals surface area contributed by atoms with Gasteiger partial charge in [-0.15, -0.1) is 0 Å². The molecule has 0 saturated carbocycles. The van der Waals surface area contributed by atoms with E-state index >= 15 is 0 Å². The van der Waals surface area contributed by atoms with Crippen molar-refractivity contribution in [2.75, 3.05) is 24.6 Å². The van der Waals surface area contributed by atoms with Crippen molar-refractivity contribution in [3.05, 3.63) is 53.2 Å². The minimum atomic E-state index is -2.99. The lowest BCUT2D eigenvalue weighted by molar-refractivity contribution is -0.136. The number of carbonyl (C=O) groups excluding carboxylic acids is 3. The highest BCUT2D eigenvalue weighted by Gasteiger charge is 2.39. The summed E-state index contributed by atoms with van der Waals surface area (Å²) in [6, 6.07) is 9.03. The van der Waals surface area contributed by atoms with Crippen LogP contribution in [-0.2, 0) is 32.5 Å². The number of likely N-dealkylation sites (tertiary alicyclic amines) is 1. The number of fused-ring (bicyclic) bond motifs is 2. The van der Waals surface area contributed by atoms with Crippen molar-refractivity contribution in [3.8, 4) is 11.3 Å². The maximum absolute atomic E-state index is 13.2. The van der Waals surface area contributed by atoms with Gasteiger partial charge in [-0.1, -0.05) is 6.07 Å². The van der Waals surface area contributed by atoms with Crippen LogP contribution in [0.4, 0.5) is 0 Å². The summed E-state index contributed by atoms with van der Waals surface area (Å²) in [6.45, 7) is 3.20. The van der Waals surface area contributed by atoms with E-state index in [0.717, 1.165) is 53.1 Å². The fourth-order valence-electron chi connectivity index (χ4n) is 6.38. The number of aromatic nitrogens is 2. The van der Waals surface area contributed by atoms with Gasteiger partial charge in [0.1, 0.15) is 11.7 Å². The van der Waals surface area contributed by atoms with E-state index < -0.39 is 21.8 Å². The lowest BCUT2D eigenvalue weighted by atomic mass is 10.0. The Kier molecular flexibility index (Phi) is 5.64. The fourth-order valence-corrected chi connectivity index (χ4v) is 7.78. The highest BCUT2D eigenvalue weighted by Crippen LogP contribution is 2.35. The Morgan fingerprint density at radius 1 is 1.03 bits per heavy atom. The second kappa shape index (κ2) is 8.99. The SMILES string of the molecule is O=C1CCC(N2Cc3cc(-c4cc(CN5CCCC5)c5ccn(C6CS(=O)(=O)C6)c5n4)ccc3C2=O)C(=O)N1. The van der Waals surface area contributed by atoms with Crippen LogP contribution in [0, 0.1) is 0 Å². The smallest absolute Gasteiger partial charge is 0.255 e. The van der Waals surface area contributed by atoms with Gasteiger partial charge >= 0.3 is 0 Å². The number of carbonyl (C=O) groups is 3. The summed E-state index contributed by atoms with van der Waals surface area (Å²) >= 11 is 0. The normalized spacial score (nSPS) is 23.3. The van der Waals surface area contributed by atoms with Gasteiger partial charge in [0.25, 0.3) is 5.91 Å². The molecule has 0 bridgehead atoms. The molecular formula is C28H29N5O5S. The molecule has 3 aromatic rings. The third-order valence-electron chi connectivity index (χ3n) is 8.47. The fraction of sp³-hybridized carbons (Fsp3) is 0.429. The Balaban J connectivity index is 1.25. The van der Waals surface area contributed by atoms with Crippen molar-refractivity contribution in [3.63, 3.8) is 0 Å². The molecule has 4 aliphatic rings. The number of benzene rings is 1. The Morgan fingerprint density at radius 3 is 2.56 bits per heavy atom. The molecule has 11 heteroatoms. The van der Waals surface area contributed by atoms with Crippen LogP contribution < -0.4 is 5.32 Å². The van der Waals surface area contributed by atoms with Crippen molar-refractivity contribution in [2.24, 2.45) is 0 Å².